The van der Waals surface area contributed by atoms with Crippen LogP contribution in [0.15, 0.2) is 42.5 Å². The van der Waals surface area contributed by atoms with Gasteiger partial charge < -0.3 is 14.8 Å². The number of halogens is 2. The second-order valence-electron chi connectivity index (χ2n) is 6.12. The monoisotopic (exact) mass is 500 g/mol. The quantitative estimate of drug-likeness (QED) is 0.207. The second kappa shape index (κ2) is 12.6. The van der Waals surface area contributed by atoms with Gasteiger partial charge in [0.15, 0.2) is 11.7 Å². The average molecular weight is 501 g/mol. The average Bonchev–Trinajstić information content (AvgIpc) is 2.75. The van der Waals surface area contributed by atoms with E-state index in [1.807, 2.05) is 0 Å². The molecule has 0 aromatic heterocycles. The largest absolute Gasteiger partial charge is 0.492 e. The van der Waals surface area contributed by atoms with Gasteiger partial charge in [0.2, 0.25) is 5.91 Å². The first-order chi connectivity index (χ1) is 15.2. The van der Waals surface area contributed by atoms with E-state index in [0.29, 0.717) is 22.2 Å². The molecule has 3 N–H and O–H groups in total. The Labute approximate surface area is 198 Å². The first kappa shape index (κ1) is 25.1. The molecule has 2 aromatic carbocycles. The Morgan fingerprint density at radius 2 is 1.75 bits per heavy atom. The van der Waals surface area contributed by atoms with Crippen molar-refractivity contribution in [3.8, 4) is 11.5 Å². The van der Waals surface area contributed by atoms with E-state index in [9.17, 15) is 19.7 Å². The molecule has 0 bridgehead atoms. The van der Waals surface area contributed by atoms with Crippen LogP contribution in [-0.4, -0.2) is 35.1 Å². The van der Waals surface area contributed by atoms with Crippen molar-refractivity contribution in [3.05, 3.63) is 62.6 Å². The lowest BCUT2D eigenvalue weighted by Gasteiger charge is -2.12. The molecule has 2 amide bonds. The van der Waals surface area contributed by atoms with Crippen LogP contribution in [0.25, 0.3) is 0 Å². The molecule has 0 aliphatic carbocycles. The molecule has 13 heteroatoms. The summed E-state index contributed by atoms with van der Waals surface area (Å²) in [4.78, 5) is 33.7. The minimum absolute atomic E-state index is 0.0927. The predicted octanol–water partition coefficient (Wildman–Crippen LogP) is 3.16. The Morgan fingerprint density at radius 3 is 2.41 bits per heavy atom. The number of hydrogen-bond acceptors (Lipinski definition) is 7. The smallest absolute Gasteiger partial charge is 0.276 e. The van der Waals surface area contributed by atoms with Crippen LogP contribution in [0.1, 0.15) is 12.8 Å². The van der Waals surface area contributed by atoms with Gasteiger partial charge in [0.05, 0.1) is 16.6 Å². The first-order valence-electron chi connectivity index (χ1n) is 9.08. The molecule has 0 heterocycles. The molecule has 0 atom stereocenters. The third-order valence-electron chi connectivity index (χ3n) is 3.69. The fourth-order valence-corrected chi connectivity index (χ4v) is 2.83. The van der Waals surface area contributed by atoms with Gasteiger partial charge in [0, 0.05) is 23.6 Å². The molecule has 10 nitrogen and oxygen atoms in total. The molecule has 0 radical (unpaired) electrons. The number of hydrazine groups is 1. The van der Waals surface area contributed by atoms with Crippen LogP contribution in [0.3, 0.4) is 0 Å². The summed E-state index contributed by atoms with van der Waals surface area (Å²) in [6.45, 7) is -0.113. The van der Waals surface area contributed by atoms with Crippen molar-refractivity contribution in [2.45, 2.75) is 12.8 Å². The molecule has 2 rings (SSSR count). The highest BCUT2D eigenvalue weighted by Crippen LogP contribution is 2.27. The fraction of sp³-hybridized carbons (Fsp3) is 0.211. The molecule has 0 aliphatic rings. The molecule has 2 aromatic rings. The number of ether oxygens (including phenoxy) is 2. The lowest BCUT2D eigenvalue weighted by Crippen LogP contribution is -2.49. The number of carbonyl (C=O) groups excluding carboxylic acids is 2. The van der Waals surface area contributed by atoms with E-state index >= 15 is 0 Å². The highest BCUT2D eigenvalue weighted by atomic mass is 35.5. The minimum atomic E-state index is -0.576. The summed E-state index contributed by atoms with van der Waals surface area (Å²) in [7, 11) is 0. The van der Waals surface area contributed by atoms with E-state index in [-0.39, 0.29) is 42.1 Å². The number of nitro groups is 1. The topological polar surface area (TPSA) is 132 Å². The lowest BCUT2D eigenvalue weighted by atomic mass is 10.3. The van der Waals surface area contributed by atoms with Gasteiger partial charge in [-0.1, -0.05) is 23.2 Å². The maximum Gasteiger partial charge on any atom is 0.276 e. The Bertz CT molecular complexity index is 990. The van der Waals surface area contributed by atoms with E-state index in [1.54, 1.807) is 18.2 Å². The number of amides is 2. The summed E-state index contributed by atoms with van der Waals surface area (Å²) < 4.78 is 10.7. The number of rotatable bonds is 9. The van der Waals surface area contributed by atoms with Crippen LogP contribution in [0.5, 0.6) is 11.5 Å². The number of nitrogens with one attached hydrogen (secondary N) is 3. The van der Waals surface area contributed by atoms with Gasteiger partial charge in [0.25, 0.3) is 11.6 Å². The van der Waals surface area contributed by atoms with Gasteiger partial charge in [-0.15, -0.1) is 0 Å². The summed E-state index contributed by atoms with van der Waals surface area (Å²) in [6.07, 6.45) is 0.535. The molecule has 0 aliphatic heterocycles. The van der Waals surface area contributed by atoms with Crippen LogP contribution in [-0.2, 0) is 9.59 Å². The summed E-state index contributed by atoms with van der Waals surface area (Å²) >= 11 is 16.7. The summed E-state index contributed by atoms with van der Waals surface area (Å²) in [5.41, 5.74) is 4.54. The minimum Gasteiger partial charge on any atom is -0.492 e. The Morgan fingerprint density at radius 1 is 1.03 bits per heavy atom. The number of hydrogen-bond donors (Lipinski definition) is 3. The molecule has 32 heavy (non-hydrogen) atoms. The summed E-state index contributed by atoms with van der Waals surface area (Å²) in [6, 6.07) is 10.1. The molecule has 0 spiro atoms. The third kappa shape index (κ3) is 8.92. The zero-order valence-corrected chi connectivity index (χ0v) is 18.8. The van der Waals surface area contributed by atoms with Gasteiger partial charge in [-0.25, -0.2) is 0 Å². The van der Waals surface area contributed by atoms with Crippen molar-refractivity contribution in [2.75, 3.05) is 13.2 Å². The Balaban J connectivity index is 1.59. The molecule has 170 valence electrons. The first-order valence-corrected chi connectivity index (χ1v) is 10.2. The number of nitrogens with zero attached hydrogens (tertiary/aromatic N) is 1. The predicted molar refractivity (Wildman–Crippen MR) is 122 cm³/mol. The van der Waals surface area contributed by atoms with Crippen LogP contribution in [0, 0.1) is 10.1 Å². The summed E-state index contributed by atoms with van der Waals surface area (Å²) in [5.74, 6) is -0.200. The maximum atomic E-state index is 11.9. The van der Waals surface area contributed by atoms with E-state index in [4.69, 9.17) is 44.9 Å². The highest BCUT2D eigenvalue weighted by molar-refractivity contribution is 7.80. The molecule has 0 unspecified atom stereocenters. The Kier molecular flexibility index (Phi) is 9.92. The summed E-state index contributed by atoms with van der Waals surface area (Å²) in [5, 5.41) is 13.8. The molecular formula is C19H18Cl2N4O6S. The van der Waals surface area contributed by atoms with Crippen LogP contribution < -0.4 is 25.6 Å². The van der Waals surface area contributed by atoms with Crippen molar-refractivity contribution < 1.29 is 24.0 Å². The SMILES string of the molecule is O=C(COc1ccc([N+](=O)[O-])cc1)NNC(=S)NC(=O)CCCOc1ccc(Cl)cc1Cl. The number of benzene rings is 2. The van der Waals surface area contributed by atoms with Gasteiger partial charge in [-0.3, -0.25) is 30.6 Å². The van der Waals surface area contributed by atoms with Crippen LogP contribution in [0.4, 0.5) is 5.69 Å². The van der Waals surface area contributed by atoms with E-state index < -0.39 is 10.8 Å². The van der Waals surface area contributed by atoms with E-state index in [1.165, 1.54) is 24.3 Å². The number of carbonyl (C=O) groups is 2. The Hall–Kier alpha value is -3.15. The second-order valence-corrected chi connectivity index (χ2v) is 7.37. The molecular weight excluding hydrogens is 483 g/mol. The van der Waals surface area contributed by atoms with Gasteiger partial charge in [0.1, 0.15) is 11.5 Å². The van der Waals surface area contributed by atoms with Crippen molar-refractivity contribution in [1.82, 2.24) is 16.2 Å². The standard InChI is InChI=1S/C19H18Cl2N4O6S/c20-12-3-8-16(15(21)10-12)30-9-1-2-17(26)22-19(32)24-23-18(27)11-31-14-6-4-13(5-7-14)25(28)29/h3-8,10H,1-2,9,11H2,(H,23,27)(H2,22,24,26,32). The van der Waals surface area contributed by atoms with E-state index in [0.717, 1.165) is 0 Å². The number of thiocarbonyl (C=S) groups is 1. The van der Waals surface area contributed by atoms with Crippen molar-refractivity contribution in [3.63, 3.8) is 0 Å². The molecule has 0 saturated carbocycles. The number of non-ortho nitro benzene ring substituents is 1. The van der Waals surface area contributed by atoms with Crippen molar-refractivity contribution >= 4 is 58.0 Å². The van der Waals surface area contributed by atoms with Gasteiger partial charge >= 0.3 is 0 Å². The van der Waals surface area contributed by atoms with Gasteiger partial charge in [-0.05, 0) is 49.0 Å². The normalized spacial score (nSPS) is 10.1. The van der Waals surface area contributed by atoms with Crippen molar-refractivity contribution in [1.29, 1.82) is 0 Å². The molecule has 0 fully saturated rings. The zero-order chi connectivity index (χ0) is 23.5. The lowest BCUT2D eigenvalue weighted by molar-refractivity contribution is -0.384. The van der Waals surface area contributed by atoms with Crippen LogP contribution >= 0.6 is 35.4 Å². The van der Waals surface area contributed by atoms with Gasteiger partial charge in [-0.2, -0.15) is 0 Å². The fourth-order valence-electron chi connectivity index (χ4n) is 2.20. The third-order valence-corrected chi connectivity index (χ3v) is 4.42. The van der Waals surface area contributed by atoms with Crippen LogP contribution in [0.2, 0.25) is 10.0 Å². The highest BCUT2D eigenvalue weighted by Gasteiger charge is 2.09. The number of nitro benzene ring substituents is 1. The molecule has 0 saturated heterocycles. The zero-order valence-electron chi connectivity index (χ0n) is 16.4. The maximum absolute atomic E-state index is 11.9. The van der Waals surface area contributed by atoms with E-state index in [2.05, 4.69) is 16.2 Å². The van der Waals surface area contributed by atoms with Crippen molar-refractivity contribution in [2.24, 2.45) is 0 Å².